The molecule has 152 valence electrons. The van der Waals surface area contributed by atoms with Crippen LogP contribution in [0.15, 0.2) is 24.3 Å². The topological polar surface area (TPSA) is 79.3 Å². The van der Waals surface area contributed by atoms with Crippen LogP contribution in [-0.2, 0) is 25.5 Å². The van der Waals surface area contributed by atoms with Gasteiger partial charge in [0.2, 0.25) is 11.8 Å². The average Bonchev–Trinajstić information content (AvgIpc) is 3.23. The van der Waals surface area contributed by atoms with Crippen molar-refractivity contribution in [1.29, 1.82) is 0 Å². The van der Waals surface area contributed by atoms with E-state index in [1.807, 2.05) is 15.9 Å². The molecule has 4 rings (SSSR count). The number of piperidine rings is 1. The summed E-state index contributed by atoms with van der Waals surface area (Å²) < 4.78 is 11.5. The molecule has 1 aromatic rings. The number of carbonyl (C=O) groups excluding carboxylic acids is 2. The lowest BCUT2D eigenvalue weighted by Crippen LogP contribution is -2.59. The summed E-state index contributed by atoms with van der Waals surface area (Å²) in [5, 5.41) is 9.60. The molecule has 3 aliphatic rings. The first-order chi connectivity index (χ1) is 13.5. The summed E-state index contributed by atoms with van der Waals surface area (Å²) >= 11 is 0. The maximum atomic E-state index is 12.8. The average molecular weight is 388 g/mol. The molecule has 1 aromatic carbocycles. The summed E-state index contributed by atoms with van der Waals surface area (Å²) in [6, 6.07) is 6.83. The molecule has 0 aromatic heterocycles. The lowest BCUT2D eigenvalue weighted by molar-refractivity contribution is -0.163. The molecule has 0 radical (unpaired) electrons. The minimum atomic E-state index is -0.351. The highest BCUT2D eigenvalue weighted by Crippen LogP contribution is 2.31. The van der Waals surface area contributed by atoms with Crippen molar-refractivity contribution in [3.8, 4) is 5.75 Å². The van der Waals surface area contributed by atoms with Crippen molar-refractivity contribution >= 4 is 11.8 Å². The number of morpholine rings is 1. The Morgan fingerprint density at radius 1 is 1.14 bits per heavy atom. The molecule has 0 bridgehead atoms. The fourth-order valence-electron chi connectivity index (χ4n) is 4.44. The van der Waals surface area contributed by atoms with Crippen LogP contribution in [0.25, 0.3) is 0 Å². The van der Waals surface area contributed by atoms with Crippen LogP contribution >= 0.6 is 0 Å². The standard InChI is InChI=1S/C21H28N2O5/c24-18-3-1-2-16(12-18)13-19(25)23-9-11-28-21(15-23)5-7-22(8-6-21)20(26)17-4-10-27-14-17/h1-3,12,17,24H,4-11,13-15H2. The number of likely N-dealkylation sites (tertiary alicyclic amines) is 1. The number of amides is 2. The molecule has 3 saturated heterocycles. The number of hydrogen-bond acceptors (Lipinski definition) is 5. The van der Waals surface area contributed by atoms with E-state index in [0.717, 1.165) is 24.8 Å². The summed E-state index contributed by atoms with van der Waals surface area (Å²) in [6.07, 6.45) is 2.59. The van der Waals surface area contributed by atoms with Crippen LogP contribution in [0.4, 0.5) is 0 Å². The summed E-state index contributed by atoms with van der Waals surface area (Å²) in [7, 11) is 0. The maximum Gasteiger partial charge on any atom is 0.228 e. The van der Waals surface area contributed by atoms with Gasteiger partial charge in [-0.1, -0.05) is 12.1 Å². The SMILES string of the molecule is O=C(Cc1cccc(O)c1)N1CCOC2(CCN(C(=O)C3CCOC3)CC2)C1. The summed E-state index contributed by atoms with van der Waals surface area (Å²) in [5.41, 5.74) is 0.458. The van der Waals surface area contributed by atoms with E-state index in [9.17, 15) is 14.7 Å². The van der Waals surface area contributed by atoms with Crippen molar-refractivity contribution in [2.24, 2.45) is 5.92 Å². The third-order valence-electron chi connectivity index (χ3n) is 6.13. The monoisotopic (exact) mass is 388 g/mol. The Labute approximate surface area is 165 Å². The molecule has 1 spiro atoms. The fourth-order valence-corrected chi connectivity index (χ4v) is 4.44. The van der Waals surface area contributed by atoms with Crippen molar-refractivity contribution in [3.05, 3.63) is 29.8 Å². The lowest BCUT2D eigenvalue weighted by Gasteiger charge is -2.47. The highest BCUT2D eigenvalue weighted by molar-refractivity contribution is 5.80. The minimum absolute atomic E-state index is 0.00156. The normalized spacial score (nSPS) is 24.5. The Balaban J connectivity index is 1.33. The Morgan fingerprint density at radius 2 is 1.96 bits per heavy atom. The number of ether oxygens (including phenoxy) is 2. The van der Waals surface area contributed by atoms with E-state index in [1.165, 1.54) is 0 Å². The molecule has 28 heavy (non-hydrogen) atoms. The van der Waals surface area contributed by atoms with E-state index in [1.54, 1.807) is 18.2 Å². The number of phenols is 1. The number of rotatable bonds is 3. The largest absolute Gasteiger partial charge is 0.508 e. The molecule has 1 atom stereocenters. The highest BCUT2D eigenvalue weighted by Gasteiger charge is 2.42. The van der Waals surface area contributed by atoms with Gasteiger partial charge in [0.05, 0.1) is 31.2 Å². The van der Waals surface area contributed by atoms with Gasteiger partial charge < -0.3 is 24.4 Å². The predicted octanol–water partition coefficient (Wildman–Crippen LogP) is 1.19. The third-order valence-corrected chi connectivity index (χ3v) is 6.13. The summed E-state index contributed by atoms with van der Waals surface area (Å²) in [4.78, 5) is 29.2. The highest BCUT2D eigenvalue weighted by atomic mass is 16.5. The first-order valence-corrected chi connectivity index (χ1v) is 10.1. The van der Waals surface area contributed by atoms with Gasteiger partial charge in [-0.05, 0) is 37.0 Å². The Bertz CT molecular complexity index is 723. The smallest absolute Gasteiger partial charge is 0.228 e. The van der Waals surface area contributed by atoms with Gasteiger partial charge in [0.25, 0.3) is 0 Å². The molecular formula is C21H28N2O5. The fraction of sp³-hybridized carbons (Fsp3) is 0.619. The number of hydrogen-bond donors (Lipinski definition) is 1. The van der Waals surface area contributed by atoms with Gasteiger partial charge in [-0.3, -0.25) is 9.59 Å². The summed E-state index contributed by atoms with van der Waals surface area (Å²) in [5.74, 6) is 0.421. The van der Waals surface area contributed by atoms with E-state index in [-0.39, 0.29) is 35.5 Å². The predicted molar refractivity (Wildman–Crippen MR) is 102 cm³/mol. The Kier molecular flexibility index (Phi) is 5.55. The van der Waals surface area contributed by atoms with Crippen LogP contribution in [0.3, 0.4) is 0 Å². The minimum Gasteiger partial charge on any atom is -0.508 e. The van der Waals surface area contributed by atoms with Crippen LogP contribution in [-0.4, -0.2) is 78.3 Å². The van der Waals surface area contributed by atoms with Crippen LogP contribution in [0.5, 0.6) is 5.75 Å². The lowest BCUT2D eigenvalue weighted by atomic mass is 9.88. The third kappa shape index (κ3) is 4.15. The van der Waals surface area contributed by atoms with Crippen molar-refractivity contribution < 1.29 is 24.2 Å². The summed E-state index contributed by atoms with van der Waals surface area (Å²) in [6.45, 7) is 4.23. The maximum absolute atomic E-state index is 12.8. The van der Waals surface area contributed by atoms with Gasteiger partial charge in [-0.2, -0.15) is 0 Å². The van der Waals surface area contributed by atoms with Gasteiger partial charge in [0.1, 0.15) is 5.75 Å². The molecule has 1 unspecified atom stereocenters. The van der Waals surface area contributed by atoms with Crippen LogP contribution < -0.4 is 0 Å². The molecule has 0 aliphatic carbocycles. The van der Waals surface area contributed by atoms with Crippen molar-refractivity contribution in [2.75, 3.05) is 46.0 Å². The second-order valence-electron chi connectivity index (χ2n) is 8.08. The zero-order valence-electron chi connectivity index (χ0n) is 16.1. The zero-order valence-corrected chi connectivity index (χ0v) is 16.1. The number of nitrogens with zero attached hydrogens (tertiary/aromatic N) is 2. The van der Waals surface area contributed by atoms with Crippen molar-refractivity contribution in [3.63, 3.8) is 0 Å². The zero-order chi connectivity index (χ0) is 19.6. The van der Waals surface area contributed by atoms with Crippen molar-refractivity contribution in [2.45, 2.75) is 31.3 Å². The van der Waals surface area contributed by atoms with E-state index >= 15 is 0 Å². The second-order valence-corrected chi connectivity index (χ2v) is 8.08. The number of carbonyl (C=O) groups is 2. The van der Waals surface area contributed by atoms with Crippen LogP contribution in [0, 0.1) is 5.92 Å². The van der Waals surface area contributed by atoms with E-state index in [2.05, 4.69) is 0 Å². The molecular weight excluding hydrogens is 360 g/mol. The molecule has 3 fully saturated rings. The molecule has 2 amide bonds. The molecule has 3 aliphatic heterocycles. The van der Waals surface area contributed by atoms with Gasteiger partial charge in [0, 0.05) is 32.8 Å². The number of benzene rings is 1. The van der Waals surface area contributed by atoms with Crippen molar-refractivity contribution in [1.82, 2.24) is 9.80 Å². The molecule has 0 saturated carbocycles. The Hall–Kier alpha value is -2.12. The van der Waals surface area contributed by atoms with E-state index < -0.39 is 0 Å². The first kappa shape index (κ1) is 19.2. The molecule has 7 nitrogen and oxygen atoms in total. The van der Waals surface area contributed by atoms with Gasteiger partial charge >= 0.3 is 0 Å². The molecule has 3 heterocycles. The van der Waals surface area contributed by atoms with Gasteiger partial charge in [0.15, 0.2) is 0 Å². The first-order valence-electron chi connectivity index (χ1n) is 10.1. The van der Waals surface area contributed by atoms with Crippen LogP contribution in [0.2, 0.25) is 0 Å². The Morgan fingerprint density at radius 3 is 2.68 bits per heavy atom. The van der Waals surface area contributed by atoms with Crippen LogP contribution in [0.1, 0.15) is 24.8 Å². The molecule has 7 heteroatoms. The molecule has 1 N–H and O–H groups in total. The van der Waals surface area contributed by atoms with Gasteiger partial charge in [-0.25, -0.2) is 0 Å². The second kappa shape index (κ2) is 8.09. The number of phenolic OH excluding ortho intramolecular Hbond substituents is 1. The van der Waals surface area contributed by atoms with E-state index in [0.29, 0.717) is 46.0 Å². The van der Waals surface area contributed by atoms with Gasteiger partial charge in [-0.15, -0.1) is 0 Å². The number of aromatic hydroxyl groups is 1. The quantitative estimate of drug-likeness (QED) is 0.842. The van der Waals surface area contributed by atoms with E-state index in [4.69, 9.17) is 9.47 Å².